The fourth-order valence-electron chi connectivity index (χ4n) is 2.99. The van der Waals surface area contributed by atoms with Crippen LogP contribution in [0.5, 0.6) is 0 Å². The molecule has 7 heteroatoms. The number of hydrogen-bond acceptors (Lipinski definition) is 7. The van der Waals surface area contributed by atoms with E-state index in [1.807, 2.05) is 13.8 Å². The zero-order valence-corrected chi connectivity index (χ0v) is 15.0. The second-order valence-electron chi connectivity index (χ2n) is 6.87. The first-order chi connectivity index (χ1) is 11.2. The van der Waals surface area contributed by atoms with E-state index < -0.39 is 17.5 Å². The first-order valence-corrected chi connectivity index (χ1v) is 8.49. The molecule has 0 radical (unpaired) electrons. The van der Waals surface area contributed by atoms with Crippen molar-refractivity contribution in [3.05, 3.63) is 0 Å². The third-order valence-electron chi connectivity index (χ3n) is 4.36. The predicted molar refractivity (Wildman–Crippen MR) is 84.1 cm³/mol. The van der Waals surface area contributed by atoms with Gasteiger partial charge in [0.15, 0.2) is 11.6 Å². The van der Waals surface area contributed by atoms with Crippen LogP contribution in [-0.2, 0) is 33.3 Å². The Kier molecular flexibility index (Phi) is 6.36. The molecule has 1 atom stereocenters. The van der Waals surface area contributed by atoms with Crippen molar-refractivity contribution in [1.82, 2.24) is 0 Å². The topological polar surface area (TPSA) is 80.3 Å². The molecule has 0 spiro atoms. The highest BCUT2D eigenvalue weighted by Gasteiger charge is 2.41. The van der Waals surface area contributed by atoms with Crippen LogP contribution in [0, 0.1) is 11.8 Å². The molecule has 2 rings (SSSR count). The van der Waals surface area contributed by atoms with Crippen molar-refractivity contribution in [1.29, 1.82) is 0 Å². The van der Waals surface area contributed by atoms with E-state index in [-0.39, 0.29) is 37.1 Å². The van der Waals surface area contributed by atoms with Gasteiger partial charge in [-0.2, -0.15) is 0 Å². The average molecular weight is 344 g/mol. The number of rotatable bonds is 7. The smallest absolute Gasteiger partial charge is 0.306 e. The molecule has 2 aliphatic heterocycles. The molecule has 0 bridgehead atoms. The zero-order valence-electron chi connectivity index (χ0n) is 15.0. The summed E-state index contributed by atoms with van der Waals surface area (Å²) >= 11 is 0. The summed E-state index contributed by atoms with van der Waals surface area (Å²) in [5.41, 5.74) is 0. The summed E-state index contributed by atoms with van der Waals surface area (Å²) < 4.78 is 27.4. The van der Waals surface area contributed by atoms with E-state index in [9.17, 15) is 9.59 Å². The Morgan fingerprint density at radius 1 is 1.08 bits per heavy atom. The van der Waals surface area contributed by atoms with Crippen molar-refractivity contribution >= 4 is 11.8 Å². The number of esters is 1. The Bertz CT molecular complexity index is 444. The summed E-state index contributed by atoms with van der Waals surface area (Å²) in [6.45, 7) is 9.09. The van der Waals surface area contributed by atoms with Gasteiger partial charge in [0.1, 0.15) is 5.78 Å². The maximum Gasteiger partial charge on any atom is 0.306 e. The van der Waals surface area contributed by atoms with Gasteiger partial charge in [0.05, 0.1) is 45.9 Å². The number of carbonyl (C=O) groups excluding carboxylic acids is 2. The first-order valence-electron chi connectivity index (χ1n) is 8.49. The van der Waals surface area contributed by atoms with E-state index in [2.05, 4.69) is 0 Å². The molecule has 0 amide bonds. The number of Topliss-reactive ketones (excluding diaryl/α,β-unsaturated/α-hetero) is 1. The Labute approximate surface area is 142 Å². The van der Waals surface area contributed by atoms with Gasteiger partial charge in [0.2, 0.25) is 0 Å². The standard InChI is InChI=1S/C17H28O7/c1-5-20-15(19)8-13(12-10-23-16(2,3)24-11-12)14(18)9-17(4)21-6-7-22-17/h12-13H,5-11H2,1-4H3. The lowest BCUT2D eigenvalue weighted by Crippen LogP contribution is -2.45. The fraction of sp³-hybridized carbons (Fsp3) is 0.882. The molecule has 0 N–H and O–H groups in total. The normalized spacial score (nSPS) is 24.5. The minimum atomic E-state index is -0.917. The molecule has 1 unspecified atom stereocenters. The summed E-state index contributed by atoms with van der Waals surface area (Å²) in [6.07, 6.45) is 0.109. The minimum absolute atomic E-state index is 0.0145. The van der Waals surface area contributed by atoms with Crippen molar-refractivity contribution in [3.8, 4) is 0 Å². The van der Waals surface area contributed by atoms with Crippen LogP contribution in [0.15, 0.2) is 0 Å². The predicted octanol–water partition coefficient (Wildman–Crippen LogP) is 1.68. The molecule has 2 fully saturated rings. The zero-order chi connectivity index (χ0) is 17.8. The fourth-order valence-corrected chi connectivity index (χ4v) is 2.99. The monoisotopic (exact) mass is 344 g/mol. The third kappa shape index (κ3) is 5.24. The lowest BCUT2D eigenvalue weighted by Gasteiger charge is -2.38. The maximum atomic E-state index is 12.8. The highest BCUT2D eigenvalue weighted by Crippen LogP contribution is 2.32. The van der Waals surface area contributed by atoms with Crippen molar-refractivity contribution < 1.29 is 33.3 Å². The molecule has 24 heavy (non-hydrogen) atoms. The molecule has 138 valence electrons. The number of carbonyl (C=O) groups is 2. The average Bonchev–Trinajstić information content (AvgIpc) is 2.91. The van der Waals surface area contributed by atoms with Crippen molar-refractivity contribution in [2.45, 2.75) is 52.1 Å². The van der Waals surface area contributed by atoms with Gasteiger partial charge in [-0.05, 0) is 27.7 Å². The number of hydrogen-bond donors (Lipinski definition) is 0. The number of ether oxygens (including phenoxy) is 5. The van der Waals surface area contributed by atoms with Gasteiger partial charge in [-0.3, -0.25) is 9.59 Å². The van der Waals surface area contributed by atoms with Gasteiger partial charge in [0.25, 0.3) is 0 Å². The van der Waals surface area contributed by atoms with Gasteiger partial charge in [-0.1, -0.05) is 0 Å². The van der Waals surface area contributed by atoms with E-state index >= 15 is 0 Å². The quantitative estimate of drug-likeness (QED) is 0.650. The first kappa shape index (κ1) is 19.3. The molecule has 0 aromatic carbocycles. The lowest BCUT2D eigenvalue weighted by molar-refractivity contribution is -0.267. The molecule has 0 aromatic rings. The van der Waals surface area contributed by atoms with E-state index in [1.165, 1.54) is 0 Å². The number of ketones is 1. The highest BCUT2D eigenvalue weighted by atomic mass is 16.7. The summed E-state index contributed by atoms with van der Waals surface area (Å²) in [5, 5.41) is 0. The highest BCUT2D eigenvalue weighted by molar-refractivity contribution is 5.86. The Morgan fingerprint density at radius 2 is 1.67 bits per heavy atom. The molecule has 0 saturated carbocycles. The maximum absolute atomic E-state index is 12.8. The molecule has 2 heterocycles. The van der Waals surface area contributed by atoms with Gasteiger partial charge in [0, 0.05) is 11.8 Å². The van der Waals surface area contributed by atoms with Crippen LogP contribution in [0.25, 0.3) is 0 Å². The Morgan fingerprint density at radius 3 is 2.21 bits per heavy atom. The van der Waals surface area contributed by atoms with Crippen molar-refractivity contribution in [3.63, 3.8) is 0 Å². The summed E-state index contributed by atoms with van der Waals surface area (Å²) in [6, 6.07) is 0. The van der Waals surface area contributed by atoms with Crippen LogP contribution in [0.3, 0.4) is 0 Å². The second-order valence-corrected chi connectivity index (χ2v) is 6.87. The largest absolute Gasteiger partial charge is 0.466 e. The second kappa shape index (κ2) is 7.91. The SMILES string of the molecule is CCOC(=O)CC(C(=O)CC1(C)OCCO1)C1COC(C)(C)OC1. The van der Waals surface area contributed by atoms with Gasteiger partial charge in [-0.15, -0.1) is 0 Å². The molecule has 0 aliphatic carbocycles. The van der Waals surface area contributed by atoms with E-state index in [0.29, 0.717) is 26.4 Å². The molecule has 7 nitrogen and oxygen atoms in total. The molecular weight excluding hydrogens is 316 g/mol. The van der Waals surface area contributed by atoms with Gasteiger partial charge < -0.3 is 23.7 Å². The van der Waals surface area contributed by atoms with E-state index in [0.717, 1.165) is 0 Å². The van der Waals surface area contributed by atoms with Crippen molar-refractivity contribution in [2.75, 3.05) is 33.0 Å². The third-order valence-corrected chi connectivity index (χ3v) is 4.36. The van der Waals surface area contributed by atoms with Gasteiger partial charge >= 0.3 is 5.97 Å². The van der Waals surface area contributed by atoms with Crippen molar-refractivity contribution in [2.24, 2.45) is 11.8 Å². The molecule has 0 aromatic heterocycles. The van der Waals surface area contributed by atoms with Crippen LogP contribution < -0.4 is 0 Å². The summed E-state index contributed by atoms with van der Waals surface area (Å²) in [4.78, 5) is 24.8. The summed E-state index contributed by atoms with van der Waals surface area (Å²) in [7, 11) is 0. The molecule has 2 aliphatic rings. The Hall–Kier alpha value is -1.02. The lowest BCUT2D eigenvalue weighted by atomic mass is 9.83. The Balaban J connectivity index is 2.04. The van der Waals surface area contributed by atoms with Crippen LogP contribution in [0.2, 0.25) is 0 Å². The van der Waals surface area contributed by atoms with E-state index in [1.54, 1.807) is 13.8 Å². The molecule has 2 saturated heterocycles. The van der Waals surface area contributed by atoms with Gasteiger partial charge in [-0.25, -0.2) is 0 Å². The van der Waals surface area contributed by atoms with Crippen LogP contribution >= 0.6 is 0 Å². The summed E-state index contributed by atoms with van der Waals surface area (Å²) in [5.74, 6) is -2.80. The van der Waals surface area contributed by atoms with Crippen LogP contribution in [0.4, 0.5) is 0 Å². The minimum Gasteiger partial charge on any atom is -0.466 e. The molecular formula is C17H28O7. The van der Waals surface area contributed by atoms with Crippen LogP contribution in [0.1, 0.15) is 40.5 Å². The van der Waals surface area contributed by atoms with E-state index in [4.69, 9.17) is 23.7 Å². The van der Waals surface area contributed by atoms with Crippen LogP contribution in [-0.4, -0.2) is 56.4 Å².